The fourth-order valence-electron chi connectivity index (χ4n) is 2.70. The van der Waals surface area contributed by atoms with Crippen LogP contribution in [0.1, 0.15) is 29.2 Å². The summed E-state index contributed by atoms with van der Waals surface area (Å²) in [7, 11) is 1.69. The Hall–Kier alpha value is -1.78. The van der Waals surface area contributed by atoms with E-state index in [0.29, 0.717) is 26.9 Å². The number of carbonyl (C=O) groups excluding carboxylic acids is 1. The molecular formula is C16H13Cl2NO3. The molecule has 1 atom stereocenters. The maximum absolute atomic E-state index is 12.6. The third kappa shape index (κ3) is 2.42. The van der Waals surface area contributed by atoms with E-state index in [4.69, 9.17) is 27.9 Å². The quantitative estimate of drug-likeness (QED) is 0.749. The van der Waals surface area contributed by atoms with E-state index in [1.807, 2.05) is 0 Å². The maximum atomic E-state index is 12.6. The molecule has 0 spiro atoms. The van der Waals surface area contributed by atoms with Gasteiger partial charge in [-0.05, 0) is 24.6 Å². The summed E-state index contributed by atoms with van der Waals surface area (Å²) in [5, 5.41) is 0.935. The Balaban J connectivity index is 2.26. The largest absolute Gasteiger partial charge is 0.426 e. The number of rotatable bonds is 1. The summed E-state index contributed by atoms with van der Waals surface area (Å²) in [5.41, 5.74) is 1.69. The average molecular weight is 338 g/mol. The summed E-state index contributed by atoms with van der Waals surface area (Å²) in [4.78, 5) is 24.5. The van der Waals surface area contributed by atoms with E-state index < -0.39 is 5.92 Å². The number of ether oxygens (including phenoxy) is 1. The molecule has 0 saturated heterocycles. The lowest BCUT2D eigenvalue weighted by Crippen LogP contribution is -2.32. The Kier molecular flexibility index (Phi) is 3.75. The molecule has 4 nitrogen and oxygen atoms in total. The molecular weight excluding hydrogens is 325 g/mol. The lowest BCUT2D eigenvalue weighted by Gasteiger charge is -2.26. The van der Waals surface area contributed by atoms with Gasteiger partial charge in [-0.25, -0.2) is 0 Å². The first-order chi connectivity index (χ1) is 10.4. The summed E-state index contributed by atoms with van der Waals surface area (Å²) < 4.78 is 6.78. The van der Waals surface area contributed by atoms with Gasteiger partial charge in [0.2, 0.25) is 0 Å². The molecule has 0 N–H and O–H groups in total. The molecule has 0 unspecified atom stereocenters. The summed E-state index contributed by atoms with van der Waals surface area (Å²) in [6.45, 7) is 1.79. The monoisotopic (exact) mass is 337 g/mol. The minimum absolute atomic E-state index is 0.0760. The zero-order chi connectivity index (χ0) is 16.0. The van der Waals surface area contributed by atoms with Crippen LogP contribution in [0.3, 0.4) is 0 Å². The van der Waals surface area contributed by atoms with Crippen molar-refractivity contribution in [3.63, 3.8) is 0 Å². The highest BCUT2D eigenvalue weighted by Crippen LogP contribution is 2.40. The van der Waals surface area contributed by atoms with Gasteiger partial charge in [-0.2, -0.15) is 0 Å². The minimum atomic E-state index is -0.430. The molecule has 1 aromatic carbocycles. The minimum Gasteiger partial charge on any atom is -0.426 e. The number of hydrogen-bond acceptors (Lipinski definition) is 3. The van der Waals surface area contributed by atoms with Crippen molar-refractivity contribution in [2.75, 3.05) is 0 Å². The van der Waals surface area contributed by atoms with Gasteiger partial charge in [-0.15, -0.1) is 0 Å². The van der Waals surface area contributed by atoms with Gasteiger partial charge in [0, 0.05) is 34.8 Å². The van der Waals surface area contributed by atoms with E-state index in [9.17, 15) is 9.59 Å². The lowest BCUT2D eigenvalue weighted by molar-refractivity contribution is -0.135. The number of esters is 1. The summed E-state index contributed by atoms with van der Waals surface area (Å²) in [6.07, 6.45) is 0.0760. The van der Waals surface area contributed by atoms with Crippen LogP contribution in [-0.2, 0) is 11.8 Å². The van der Waals surface area contributed by atoms with Crippen molar-refractivity contribution in [1.82, 2.24) is 4.57 Å². The number of aromatic nitrogens is 1. The molecule has 1 aliphatic heterocycles. The zero-order valence-corrected chi connectivity index (χ0v) is 13.5. The molecule has 0 radical (unpaired) electrons. The second-order valence-electron chi connectivity index (χ2n) is 5.32. The molecule has 114 valence electrons. The smallest absolute Gasteiger partial charge is 0.312 e. The highest BCUT2D eigenvalue weighted by molar-refractivity contribution is 6.35. The predicted molar refractivity (Wildman–Crippen MR) is 85.0 cm³/mol. The molecule has 2 heterocycles. The van der Waals surface area contributed by atoms with E-state index in [1.165, 1.54) is 4.57 Å². The second kappa shape index (κ2) is 5.45. The maximum Gasteiger partial charge on any atom is 0.312 e. The Morgan fingerprint density at radius 2 is 1.95 bits per heavy atom. The van der Waals surface area contributed by atoms with Crippen molar-refractivity contribution in [2.24, 2.45) is 7.05 Å². The number of pyridine rings is 1. The molecule has 2 aromatic rings. The van der Waals surface area contributed by atoms with Crippen molar-refractivity contribution in [1.29, 1.82) is 0 Å². The number of nitrogens with zero attached hydrogens (tertiary/aromatic N) is 1. The number of hydrogen-bond donors (Lipinski definition) is 0. The van der Waals surface area contributed by atoms with Gasteiger partial charge >= 0.3 is 5.97 Å². The predicted octanol–water partition coefficient (Wildman–Crippen LogP) is 3.44. The number of aryl methyl sites for hydroxylation is 1. The third-order valence-electron chi connectivity index (χ3n) is 3.95. The Labute approximate surface area is 137 Å². The molecule has 0 aliphatic carbocycles. The van der Waals surface area contributed by atoms with Gasteiger partial charge in [0.25, 0.3) is 5.56 Å². The van der Waals surface area contributed by atoms with E-state index >= 15 is 0 Å². The third-order valence-corrected chi connectivity index (χ3v) is 4.51. The first-order valence-electron chi connectivity index (χ1n) is 6.74. The topological polar surface area (TPSA) is 48.3 Å². The van der Waals surface area contributed by atoms with Crippen LogP contribution in [0.2, 0.25) is 10.0 Å². The van der Waals surface area contributed by atoms with Gasteiger partial charge in [0.15, 0.2) is 0 Å². The molecule has 22 heavy (non-hydrogen) atoms. The van der Waals surface area contributed by atoms with Crippen LogP contribution in [0, 0.1) is 6.92 Å². The highest BCUT2D eigenvalue weighted by Gasteiger charge is 2.33. The van der Waals surface area contributed by atoms with Gasteiger partial charge in [-0.3, -0.25) is 9.59 Å². The number of halogens is 2. The van der Waals surface area contributed by atoms with E-state index in [-0.39, 0.29) is 17.9 Å². The zero-order valence-electron chi connectivity index (χ0n) is 12.0. The molecule has 0 fully saturated rings. The fourth-order valence-corrected chi connectivity index (χ4v) is 3.24. The second-order valence-corrected chi connectivity index (χ2v) is 6.17. The molecule has 6 heteroatoms. The molecule has 0 bridgehead atoms. The van der Waals surface area contributed by atoms with Gasteiger partial charge in [0.1, 0.15) is 5.75 Å². The number of fused-ring (bicyclic) bond motifs is 1. The fraction of sp³-hybridized carbons (Fsp3) is 0.250. The summed E-state index contributed by atoms with van der Waals surface area (Å²) in [6, 6.07) is 6.75. The normalized spacial score (nSPS) is 17.1. The van der Waals surface area contributed by atoms with Crippen LogP contribution in [-0.4, -0.2) is 10.5 Å². The van der Waals surface area contributed by atoms with Crippen LogP contribution < -0.4 is 10.3 Å². The highest BCUT2D eigenvalue weighted by atomic mass is 35.5. The van der Waals surface area contributed by atoms with Crippen LogP contribution in [0.5, 0.6) is 5.75 Å². The number of benzene rings is 1. The SMILES string of the molecule is Cc1cc2c(c(=O)n1C)[C@H](c1ccc(Cl)cc1Cl)CC(=O)O2. The van der Waals surface area contributed by atoms with Gasteiger partial charge < -0.3 is 9.30 Å². The Morgan fingerprint density at radius 1 is 1.23 bits per heavy atom. The summed E-state index contributed by atoms with van der Waals surface area (Å²) in [5.74, 6) is -0.496. The van der Waals surface area contributed by atoms with Crippen LogP contribution in [0.15, 0.2) is 29.1 Å². The first-order valence-corrected chi connectivity index (χ1v) is 7.50. The van der Waals surface area contributed by atoms with E-state index in [1.54, 1.807) is 38.2 Å². The Morgan fingerprint density at radius 3 is 2.64 bits per heavy atom. The lowest BCUT2D eigenvalue weighted by atomic mass is 9.87. The number of carbonyl (C=O) groups is 1. The Bertz CT molecular complexity index is 842. The molecule has 0 amide bonds. The van der Waals surface area contributed by atoms with E-state index in [2.05, 4.69) is 0 Å². The van der Waals surface area contributed by atoms with Crippen LogP contribution >= 0.6 is 23.2 Å². The van der Waals surface area contributed by atoms with Crippen molar-refractivity contribution in [3.05, 3.63) is 61.5 Å². The average Bonchev–Trinajstić information content (AvgIpc) is 2.44. The van der Waals surface area contributed by atoms with E-state index in [0.717, 1.165) is 5.69 Å². The van der Waals surface area contributed by atoms with Crippen LogP contribution in [0.4, 0.5) is 0 Å². The standard InChI is InChI=1S/C16H13Cl2NO3/c1-8-5-13-15(16(21)19(8)2)11(7-14(20)22-13)10-4-3-9(17)6-12(10)18/h3-6,11H,7H2,1-2H3/t11-/m0/s1. The molecule has 1 aliphatic rings. The summed E-state index contributed by atoms with van der Waals surface area (Å²) >= 11 is 12.2. The van der Waals surface area contributed by atoms with Gasteiger partial charge in [0.05, 0.1) is 12.0 Å². The molecule has 1 aromatic heterocycles. The first kappa shape index (κ1) is 15.1. The molecule has 0 saturated carbocycles. The van der Waals surface area contributed by atoms with Crippen molar-refractivity contribution < 1.29 is 9.53 Å². The van der Waals surface area contributed by atoms with Crippen LogP contribution in [0.25, 0.3) is 0 Å². The van der Waals surface area contributed by atoms with Crippen molar-refractivity contribution in [2.45, 2.75) is 19.3 Å². The van der Waals surface area contributed by atoms with Crippen molar-refractivity contribution >= 4 is 29.2 Å². The van der Waals surface area contributed by atoms with Gasteiger partial charge in [-0.1, -0.05) is 29.3 Å². The van der Waals surface area contributed by atoms with Crippen molar-refractivity contribution in [3.8, 4) is 5.75 Å². The molecule has 3 rings (SSSR count).